The third-order valence-electron chi connectivity index (χ3n) is 6.85. The van der Waals surface area contributed by atoms with Crippen LogP contribution in [0.5, 0.6) is 5.75 Å². The van der Waals surface area contributed by atoms with Crippen LogP contribution in [0.3, 0.4) is 0 Å². The summed E-state index contributed by atoms with van der Waals surface area (Å²) in [4.78, 5) is 0. The van der Waals surface area contributed by atoms with Crippen LogP contribution in [-0.4, -0.2) is 13.2 Å². The highest BCUT2D eigenvalue weighted by atomic mass is 79.9. The molecule has 1 aromatic carbocycles. The number of rotatable bonds is 5. The topological polar surface area (TPSA) is 21.3 Å². The molecule has 0 aliphatic heterocycles. The van der Waals surface area contributed by atoms with E-state index < -0.39 is 0 Å². The van der Waals surface area contributed by atoms with Gasteiger partial charge in [-0.15, -0.1) is 0 Å². The predicted octanol–water partition coefficient (Wildman–Crippen LogP) is 5.15. The molecule has 3 heteroatoms. The van der Waals surface area contributed by atoms with Crippen molar-refractivity contribution in [3.8, 4) is 5.75 Å². The third-order valence-corrected chi connectivity index (χ3v) is 7.34. The van der Waals surface area contributed by atoms with Crippen LogP contribution in [-0.2, 0) is 6.54 Å². The molecule has 0 spiro atoms. The molecule has 2 nitrogen and oxygen atoms in total. The van der Waals surface area contributed by atoms with Gasteiger partial charge in [0.2, 0.25) is 0 Å². The lowest BCUT2D eigenvalue weighted by Gasteiger charge is -2.59. The van der Waals surface area contributed by atoms with Crippen molar-refractivity contribution in [2.24, 2.45) is 23.2 Å². The van der Waals surface area contributed by atoms with Crippen LogP contribution in [0.1, 0.15) is 51.0 Å². The zero-order valence-electron chi connectivity index (χ0n) is 14.3. The maximum absolute atomic E-state index is 5.52. The molecule has 0 amide bonds. The van der Waals surface area contributed by atoms with Crippen LogP contribution in [0, 0.1) is 23.2 Å². The summed E-state index contributed by atoms with van der Waals surface area (Å²) < 4.78 is 6.64. The Hall–Kier alpha value is -0.540. The smallest absolute Gasteiger partial charge is 0.123 e. The minimum absolute atomic E-state index is 0.563. The average Bonchev–Trinajstić information content (AvgIpc) is 2.51. The minimum Gasteiger partial charge on any atom is -0.496 e. The fraction of sp³-hybridized carbons (Fsp3) is 0.700. The van der Waals surface area contributed by atoms with Crippen LogP contribution in [0.4, 0.5) is 0 Å². The number of halogens is 1. The van der Waals surface area contributed by atoms with Gasteiger partial charge in [0.1, 0.15) is 5.75 Å². The van der Waals surface area contributed by atoms with Gasteiger partial charge in [-0.3, -0.25) is 0 Å². The molecule has 126 valence electrons. The number of nitrogens with one attached hydrogen (secondary N) is 1. The number of ether oxygens (including phenoxy) is 1. The number of benzene rings is 1. The lowest BCUT2D eigenvalue weighted by molar-refractivity contribution is -0.0706. The molecule has 4 saturated carbocycles. The zero-order chi connectivity index (χ0) is 16.0. The molecule has 1 N–H and O–H groups in total. The Morgan fingerprint density at radius 2 is 1.78 bits per heavy atom. The Kier molecular flexibility index (Phi) is 4.21. The van der Waals surface area contributed by atoms with Crippen LogP contribution in [0.2, 0.25) is 0 Å². The second-order valence-corrected chi connectivity index (χ2v) is 9.25. The lowest BCUT2D eigenvalue weighted by Crippen LogP contribution is -2.54. The molecular formula is C20H28BrNO. The normalized spacial score (nSPS) is 36.2. The highest BCUT2D eigenvalue weighted by Gasteiger charge is 2.52. The van der Waals surface area contributed by atoms with Crippen molar-refractivity contribution in [2.45, 2.75) is 58.0 Å². The second kappa shape index (κ2) is 6.07. The summed E-state index contributed by atoms with van der Waals surface area (Å²) in [6.07, 6.45) is 8.94. The maximum Gasteiger partial charge on any atom is 0.123 e. The molecule has 1 atom stereocenters. The van der Waals surface area contributed by atoms with Crippen molar-refractivity contribution in [3.63, 3.8) is 0 Å². The molecular weight excluding hydrogens is 350 g/mol. The Morgan fingerprint density at radius 1 is 1.17 bits per heavy atom. The van der Waals surface area contributed by atoms with E-state index in [2.05, 4.69) is 40.3 Å². The van der Waals surface area contributed by atoms with Crippen molar-refractivity contribution in [1.29, 1.82) is 0 Å². The summed E-state index contributed by atoms with van der Waals surface area (Å²) in [5.74, 6) is 4.04. The molecule has 4 aliphatic carbocycles. The third kappa shape index (κ3) is 2.95. The predicted molar refractivity (Wildman–Crippen MR) is 97.6 cm³/mol. The maximum atomic E-state index is 5.52. The summed E-state index contributed by atoms with van der Waals surface area (Å²) in [5.41, 5.74) is 1.81. The fourth-order valence-corrected chi connectivity index (χ4v) is 6.48. The molecule has 1 aromatic rings. The van der Waals surface area contributed by atoms with Gasteiger partial charge in [-0.05, 0) is 86.8 Å². The summed E-state index contributed by atoms with van der Waals surface area (Å²) in [6.45, 7) is 3.32. The largest absolute Gasteiger partial charge is 0.496 e. The van der Waals surface area contributed by atoms with Gasteiger partial charge in [0.15, 0.2) is 0 Å². The first-order valence-corrected chi connectivity index (χ1v) is 9.93. The quantitative estimate of drug-likeness (QED) is 0.765. The van der Waals surface area contributed by atoms with E-state index in [1.807, 2.05) is 6.07 Å². The molecule has 4 fully saturated rings. The van der Waals surface area contributed by atoms with E-state index in [4.69, 9.17) is 4.74 Å². The standard InChI is InChI=1S/C20H28BrNO/c1-13(22-12-17-8-18(21)3-4-19(17)23-2)20-9-14-5-15(10-20)7-16(6-14)11-20/h3-4,8,13-16,22H,5-7,9-12H2,1-2H3/t13-,14?,15?,16?,20?/m0/s1. The Bertz CT molecular complexity index is 550. The van der Waals surface area contributed by atoms with Crippen molar-refractivity contribution in [2.75, 3.05) is 7.11 Å². The molecule has 0 heterocycles. The van der Waals surface area contributed by atoms with Crippen LogP contribution >= 0.6 is 15.9 Å². The minimum atomic E-state index is 0.563. The molecule has 5 rings (SSSR count). The SMILES string of the molecule is COc1ccc(Br)cc1CN[C@@H](C)C12CC3CC(CC(C3)C1)C2. The van der Waals surface area contributed by atoms with Crippen LogP contribution in [0.25, 0.3) is 0 Å². The van der Waals surface area contributed by atoms with E-state index in [-0.39, 0.29) is 0 Å². The number of hydrogen-bond donors (Lipinski definition) is 1. The molecule has 0 saturated heterocycles. The summed E-state index contributed by atoms with van der Waals surface area (Å²) >= 11 is 3.58. The van der Waals surface area contributed by atoms with Gasteiger partial charge in [0.05, 0.1) is 7.11 Å². The van der Waals surface area contributed by atoms with Crippen molar-refractivity contribution < 1.29 is 4.74 Å². The van der Waals surface area contributed by atoms with Crippen LogP contribution < -0.4 is 10.1 Å². The van der Waals surface area contributed by atoms with Gasteiger partial charge >= 0.3 is 0 Å². The monoisotopic (exact) mass is 377 g/mol. The van der Waals surface area contributed by atoms with E-state index in [0.29, 0.717) is 11.5 Å². The highest BCUT2D eigenvalue weighted by Crippen LogP contribution is 2.61. The van der Waals surface area contributed by atoms with Crippen molar-refractivity contribution in [3.05, 3.63) is 28.2 Å². The zero-order valence-corrected chi connectivity index (χ0v) is 15.9. The van der Waals surface area contributed by atoms with E-state index >= 15 is 0 Å². The van der Waals surface area contributed by atoms with Gasteiger partial charge < -0.3 is 10.1 Å². The summed E-state index contributed by atoms with van der Waals surface area (Å²) in [5, 5.41) is 3.86. The van der Waals surface area contributed by atoms with E-state index in [1.165, 1.54) is 44.1 Å². The van der Waals surface area contributed by atoms with Crippen molar-refractivity contribution >= 4 is 15.9 Å². The Balaban J connectivity index is 1.46. The molecule has 0 aromatic heterocycles. The first-order valence-electron chi connectivity index (χ1n) is 9.14. The number of hydrogen-bond acceptors (Lipinski definition) is 2. The van der Waals surface area contributed by atoms with Crippen molar-refractivity contribution in [1.82, 2.24) is 5.32 Å². The van der Waals surface area contributed by atoms with E-state index in [9.17, 15) is 0 Å². The molecule has 0 unspecified atom stereocenters. The summed E-state index contributed by atoms with van der Waals surface area (Å²) in [6, 6.07) is 6.87. The van der Waals surface area contributed by atoms with Gasteiger partial charge in [0.25, 0.3) is 0 Å². The summed E-state index contributed by atoms with van der Waals surface area (Å²) in [7, 11) is 1.76. The average molecular weight is 378 g/mol. The Labute approximate surface area is 148 Å². The van der Waals surface area contributed by atoms with Gasteiger partial charge in [0, 0.05) is 22.6 Å². The first kappa shape index (κ1) is 16.0. The van der Waals surface area contributed by atoms with Gasteiger partial charge in [-0.2, -0.15) is 0 Å². The van der Waals surface area contributed by atoms with E-state index in [1.54, 1.807) is 7.11 Å². The lowest BCUT2D eigenvalue weighted by atomic mass is 9.48. The van der Waals surface area contributed by atoms with Gasteiger partial charge in [-0.25, -0.2) is 0 Å². The molecule has 0 radical (unpaired) electrons. The molecule has 23 heavy (non-hydrogen) atoms. The van der Waals surface area contributed by atoms with Crippen LogP contribution in [0.15, 0.2) is 22.7 Å². The van der Waals surface area contributed by atoms with Gasteiger partial charge in [-0.1, -0.05) is 15.9 Å². The fourth-order valence-electron chi connectivity index (χ4n) is 6.07. The highest BCUT2D eigenvalue weighted by molar-refractivity contribution is 9.10. The van der Waals surface area contributed by atoms with E-state index in [0.717, 1.165) is 34.5 Å². The Morgan fingerprint density at radius 3 is 2.35 bits per heavy atom. The number of methoxy groups -OCH3 is 1. The first-order chi connectivity index (χ1) is 11.1. The molecule has 4 bridgehead atoms. The molecule has 4 aliphatic rings. The second-order valence-electron chi connectivity index (χ2n) is 8.34.